The van der Waals surface area contributed by atoms with Crippen LogP contribution < -0.4 is 10.6 Å². The van der Waals surface area contributed by atoms with E-state index < -0.39 is 0 Å². The van der Waals surface area contributed by atoms with Gasteiger partial charge in [-0.15, -0.1) is 0 Å². The van der Waals surface area contributed by atoms with Gasteiger partial charge in [0, 0.05) is 0 Å². The maximum atomic E-state index is 11.5. The monoisotopic (exact) mass is 271 g/mol. The van der Waals surface area contributed by atoms with E-state index in [0.717, 1.165) is 11.3 Å². The van der Waals surface area contributed by atoms with Crippen LogP contribution in [0.4, 0.5) is 0 Å². The quantitative estimate of drug-likeness (QED) is 0.618. The maximum Gasteiger partial charge on any atom is 0.273 e. The van der Waals surface area contributed by atoms with Gasteiger partial charge in [0.1, 0.15) is 18.4 Å². The summed E-state index contributed by atoms with van der Waals surface area (Å²) in [7, 11) is 0. The molecule has 1 aliphatic rings. The van der Waals surface area contributed by atoms with E-state index >= 15 is 0 Å². The third-order valence-corrected chi connectivity index (χ3v) is 2.81. The molecular formula is C12H9N5OS. The Labute approximate surface area is 114 Å². The van der Waals surface area contributed by atoms with Gasteiger partial charge in [0.05, 0.1) is 5.69 Å². The summed E-state index contributed by atoms with van der Waals surface area (Å²) in [5, 5.41) is 9.68. The first kappa shape index (κ1) is 11.5. The van der Waals surface area contributed by atoms with E-state index in [1.807, 2.05) is 24.3 Å². The number of hydrogen-bond donors (Lipinski definition) is 2. The highest BCUT2D eigenvalue weighted by atomic mass is 32.1. The topological polar surface area (TPSA) is 71.8 Å². The van der Waals surface area contributed by atoms with Crippen LogP contribution in [0.15, 0.2) is 42.6 Å². The molecule has 0 bridgehead atoms. The van der Waals surface area contributed by atoms with Crippen LogP contribution >= 0.6 is 12.2 Å². The molecule has 2 aromatic rings. The first-order valence-electron chi connectivity index (χ1n) is 5.51. The fraction of sp³-hybridized carbons (Fsp3) is 0. The Morgan fingerprint density at radius 2 is 2.00 bits per heavy atom. The van der Waals surface area contributed by atoms with Crippen molar-refractivity contribution in [3.05, 3.63) is 48.2 Å². The van der Waals surface area contributed by atoms with Crippen molar-refractivity contribution in [1.29, 1.82) is 0 Å². The maximum absolute atomic E-state index is 11.5. The van der Waals surface area contributed by atoms with Crippen LogP contribution in [-0.2, 0) is 4.79 Å². The molecule has 0 spiro atoms. The van der Waals surface area contributed by atoms with Gasteiger partial charge >= 0.3 is 0 Å². The molecule has 1 fully saturated rings. The summed E-state index contributed by atoms with van der Waals surface area (Å²) < 4.78 is 1.66. The van der Waals surface area contributed by atoms with Gasteiger partial charge in [0.25, 0.3) is 5.91 Å². The predicted octanol–water partition coefficient (Wildman–Crippen LogP) is 0.613. The van der Waals surface area contributed by atoms with Gasteiger partial charge in [-0.2, -0.15) is 5.10 Å². The fourth-order valence-electron chi connectivity index (χ4n) is 1.71. The number of benzene rings is 1. The molecule has 1 saturated heterocycles. The number of thiocarbonyl (C=S) groups is 1. The van der Waals surface area contributed by atoms with Gasteiger partial charge in [-0.3, -0.25) is 10.1 Å². The number of aromatic nitrogens is 3. The van der Waals surface area contributed by atoms with E-state index in [1.165, 1.54) is 6.33 Å². The van der Waals surface area contributed by atoms with Crippen molar-refractivity contribution >= 4 is 29.3 Å². The SMILES string of the molecule is O=C1NC(=S)NC1=Cc1ccc(-n2cncn2)cc1. The standard InChI is InChI=1S/C12H9N5OS/c18-11-10(15-12(19)16-11)5-8-1-3-9(4-2-8)17-7-13-6-14-17/h1-7H,(H2,15,16,18,19). The molecule has 2 N–H and O–H groups in total. The largest absolute Gasteiger partial charge is 0.328 e. The Hall–Kier alpha value is -2.54. The molecule has 1 amide bonds. The zero-order valence-corrected chi connectivity index (χ0v) is 10.5. The zero-order chi connectivity index (χ0) is 13.2. The number of nitrogens with one attached hydrogen (secondary N) is 2. The lowest BCUT2D eigenvalue weighted by atomic mass is 10.1. The second kappa shape index (κ2) is 4.62. The Morgan fingerprint density at radius 3 is 2.58 bits per heavy atom. The fourth-order valence-corrected chi connectivity index (χ4v) is 1.92. The highest BCUT2D eigenvalue weighted by molar-refractivity contribution is 7.80. The average Bonchev–Trinajstić information content (AvgIpc) is 3.01. The molecule has 19 heavy (non-hydrogen) atoms. The Kier molecular flexibility index (Phi) is 2.81. The van der Waals surface area contributed by atoms with Crippen molar-refractivity contribution in [3.8, 4) is 5.69 Å². The zero-order valence-electron chi connectivity index (χ0n) is 9.70. The smallest absolute Gasteiger partial charge is 0.273 e. The Balaban J connectivity index is 1.86. The van der Waals surface area contributed by atoms with Crippen LogP contribution in [0.25, 0.3) is 11.8 Å². The van der Waals surface area contributed by atoms with Crippen LogP contribution in [0.1, 0.15) is 5.56 Å². The summed E-state index contributed by atoms with van der Waals surface area (Å²) in [6.45, 7) is 0. The molecule has 1 aromatic carbocycles. The second-order valence-corrected chi connectivity index (χ2v) is 4.31. The van der Waals surface area contributed by atoms with Gasteiger partial charge in [-0.1, -0.05) is 12.1 Å². The van der Waals surface area contributed by atoms with Crippen molar-refractivity contribution in [1.82, 2.24) is 25.4 Å². The van der Waals surface area contributed by atoms with E-state index in [-0.39, 0.29) is 5.91 Å². The summed E-state index contributed by atoms with van der Waals surface area (Å²) in [4.78, 5) is 15.4. The number of amides is 1. The number of hydrogen-bond acceptors (Lipinski definition) is 4. The summed E-state index contributed by atoms with van der Waals surface area (Å²) >= 11 is 4.86. The molecule has 1 aliphatic heterocycles. The lowest BCUT2D eigenvalue weighted by molar-refractivity contribution is -0.115. The summed E-state index contributed by atoms with van der Waals surface area (Å²) in [5.74, 6) is -0.217. The van der Waals surface area contributed by atoms with E-state index in [4.69, 9.17) is 12.2 Å². The van der Waals surface area contributed by atoms with Crippen LogP contribution in [0.2, 0.25) is 0 Å². The normalized spacial score (nSPS) is 16.5. The van der Waals surface area contributed by atoms with Crippen molar-refractivity contribution in [3.63, 3.8) is 0 Å². The second-order valence-electron chi connectivity index (χ2n) is 3.90. The number of carbonyl (C=O) groups excluding carboxylic acids is 1. The third-order valence-electron chi connectivity index (χ3n) is 2.61. The number of nitrogens with zero attached hydrogens (tertiary/aromatic N) is 3. The highest BCUT2D eigenvalue weighted by Crippen LogP contribution is 2.12. The van der Waals surface area contributed by atoms with Gasteiger partial charge in [0.15, 0.2) is 5.11 Å². The van der Waals surface area contributed by atoms with Crippen LogP contribution in [0, 0.1) is 0 Å². The molecule has 7 heteroatoms. The van der Waals surface area contributed by atoms with E-state index in [9.17, 15) is 4.79 Å². The van der Waals surface area contributed by atoms with E-state index in [1.54, 1.807) is 17.1 Å². The van der Waals surface area contributed by atoms with Crippen molar-refractivity contribution in [2.24, 2.45) is 0 Å². The van der Waals surface area contributed by atoms with E-state index in [2.05, 4.69) is 20.7 Å². The molecule has 2 heterocycles. The molecule has 94 valence electrons. The first-order valence-corrected chi connectivity index (χ1v) is 5.92. The Bertz CT molecular complexity index is 660. The lowest BCUT2D eigenvalue weighted by Crippen LogP contribution is -2.21. The Morgan fingerprint density at radius 1 is 1.21 bits per heavy atom. The van der Waals surface area contributed by atoms with E-state index in [0.29, 0.717) is 10.8 Å². The molecule has 0 unspecified atom stereocenters. The van der Waals surface area contributed by atoms with Crippen molar-refractivity contribution in [2.45, 2.75) is 0 Å². The van der Waals surface area contributed by atoms with Crippen LogP contribution in [-0.4, -0.2) is 25.8 Å². The molecule has 1 aromatic heterocycles. The molecule has 3 rings (SSSR count). The van der Waals surface area contributed by atoms with Crippen molar-refractivity contribution in [2.75, 3.05) is 0 Å². The van der Waals surface area contributed by atoms with Gasteiger partial charge in [0.2, 0.25) is 0 Å². The van der Waals surface area contributed by atoms with Crippen molar-refractivity contribution < 1.29 is 4.79 Å². The summed E-state index contributed by atoms with van der Waals surface area (Å²) in [6.07, 6.45) is 4.83. The highest BCUT2D eigenvalue weighted by Gasteiger charge is 2.19. The molecule has 0 atom stereocenters. The minimum Gasteiger partial charge on any atom is -0.328 e. The van der Waals surface area contributed by atoms with Gasteiger partial charge in [-0.05, 0) is 36.0 Å². The minimum absolute atomic E-state index is 0.217. The molecular weight excluding hydrogens is 262 g/mol. The molecule has 0 aliphatic carbocycles. The molecule has 6 nitrogen and oxygen atoms in total. The van der Waals surface area contributed by atoms with Crippen LogP contribution in [0.3, 0.4) is 0 Å². The third kappa shape index (κ3) is 2.36. The lowest BCUT2D eigenvalue weighted by Gasteiger charge is -2.01. The minimum atomic E-state index is -0.217. The molecule has 0 radical (unpaired) electrons. The van der Waals surface area contributed by atoms with Gasteiger partial charge < -0.3 is 5.32 Å². The average molecular weight is 271 g/mol. The number of carbonyl (C=O) groups is 1. The van der Waals surface area contributed by atoms with Crippen LogP contribution in [0.5, 0.6) is 0 Å². The predicted molar refractivity (Wildman–Crippen MR) is 73.2 cm³/mol. The first-order chi connectivity index (χ1) is 9.22. The summed E-state index contributed by atoms with van der Waals surface area (Å²) in [5.41, 5.74) is 2.24. The number of rotatable bonds is 2. The summed E-state index contributed by atoms with van der Waals surface area (Å²) in [6, 6.07) is 7.57. The molecule has 0 saturated carbocycles. The van der Waals surface area contributed by atoms with Gasteiger partial charge in [-0.25, -0.2) is 9.67 Å².